The topological polar surface area (TPSA) is 121 Å². The number of anilines is 1. The number of tetrazole rings is 1. The molecule has 0 bridgehead atoms. The number of nitrogens with one attached hydrogen (secondary N) is 3. The van der Waals surface area contributed by atoms with Gasteiger partial charge >= 0.3 is 6.03 Å². The van der Waals surface area contributed by atoms with Crippen molar-refractivity contribution in [2.24, 2.45) is 0 Å². The Balaban J connectivity index is 1.49. The van der Waals surface area contributed by atoms with Gasteiger partial charge in [0, 0.05) is 6.42 Å². The third-order valence-corrected chi connectivity index (χ3v) is 4.15. The highest BCUT2D eigenvalue weighted by atomic mass is 32.1. The molecule has 0 aliphatic carbocycles. The number of benzene rings is 1. The normalized spacial score (nSPS) is 11.9. The van der Waals surface area contributed by atoms with E-state index in [0.29, 0.717) is 11.0 Å². The van der Waals surface area contributed by atoms with Crippen LogP contribution in [0.5, 0.6) is 0 Å². The SMILES string of the molecule is C[C@H](NC(=O)Nc1nnc(CCc2ccccc2)s1)c1nn[nH]n1. The summed E-state index contributed by atoms with van der Waals surface area (Å²) in [6.07, 6.45) is 1.67. The van der Waals surface area contributed by atoms with Crippen molar-refractivity contribution in [1.82, 2.24) is 36.1 Å². The zero-order valence-corrected chi connectivity index (χ0v) is 13.7. The highest BCUT2D eigenvalue weighted by Gasteiger charge is 2.14. The van der Waals surface area contributed by atoms with E-state index in [1.165, 1.54) is 16.9 Å². The van der Waals surface area contributed by atoms with Gasteiger partial charge < -0.3 is 5.32 Å². The van der Waals surface area contributed by atoms with Crippen molar-refractivity contribution in [3.63, 3.8) is 0 Å². The molecule has 1 atom stereocenters. The third kappa shape index (κ3) is 4.32. The van der Waals surface area contributed by atoms with Crippen LogP contribution in [0.2, 0.25) is 0 Å². The lowest BCUT2D eigenvalue weighted by Crippen LogP contribution is -2.31. The molecule has 10 heteroatoms. The largest absolute Gasteiger partial charge is 0.328 e. The lowest BCUT2D eigenvalue weighted by Gasteiger charge is -2.09. The van der Waals surface area contributed by atoms with E-state index >= 15 is 0 Å². The molecule has 124 valence electrons. The van der Waals surface area contributed by atoms with Crippen LogP contribution in [0, 0.1) is 0 Å². The zero-order valence-electron chi connectivity index (χ0n) is 12.9. The van der Waals surface area contributed by atoms with Crippen LogP contribution in [0.15, 0.2) is 30.3 Å². The van der Waals surface area contributed by atoms with Gasteiger partial charge in [-0.15, -0.1) is 20.4 Å². The Morgan fingerprint density at radius 1 is 1.21 bits per heavy atom. The number of hydrogen-bond donors (Lipinski definition) is 3. The van der Waals surface area contributed by atoms with Gasteiger partial charge in [-0.05, 0) is 18.9 Å². The van der Waals surface area contributed by atoms with Gasteiger partial charge in [0.05, 0.1) is 6.04 Å². The summed E-state index contributed by atoms with van der Waals surface area (Å²) in [7, 11) is 0. The standard InChI is InChI=1S/C14H16N8OS/c1-9(12-18-21-22-19-12)15-13(23)16-14-20-17-11(24-14)8-7-10-5-3-2-4-6-10/h2-6,9H,7-8H2,1H3,(H2,15,16,20,23)(H,18,19,21,22)/t9-/m0/s1. The van der Waals surface area contributed by atoms with Crippen LogP contribution in [0.3, 0.4) is 0 Å². The molecule has 1 aromatic carbocycles. The predicted octanol–water partition coefficient (Wildman–Crippen LogP) is 1.72. The number of carbonyl (C=O) groups excluding carboxylic acids is 1. The average molecular weight is 344 g/mol. The second-order valence-electron chi connectivity index (χ2n) is 5.08. The third-order valence-electron chi connectivity index (χ3n) is 3.25. The smallest absolute Gasteiger partial charge is 0.321 e. The summed E-state index contributed by atoms with van der Waals surface area (Å²) in [4.78, 5) is 11.9. The minimum atomic E-state index is -0.391. The molecular weight excluding hydrogens is 328 g/mol. The molecule has 0 fully saturated rings. The molecule has 3 aromatic rings. The van der Waals surface area contributed by atoms with Crippen molar-refractivity contribution in [2.75, 3.05) is 5.32 Å². The van der Waals surface area contributed by atoms with Crippen LogP contribution < -0.4 is 10.6 Å². The molecule has 24 heavy (non-hydrogen) atoms. The van der Waals surface area contributed by atoms with E-state index in [-0.39, 0.29) is 6.04 Å². The Labute approximate surface area is 141 Å². The summed E-state index contributed by atoms with van der Waals surface area (Å²) in [5.74, 6) is 0.408. The summed E-state index contributed by atoms with van der Waals surface area (Å²) in [6, 6.07) is 9.41. The molecule has 0 saturated heterocycles. The number of carbonyl (C=O) groups is 1. The van der Waals surface area contributed by atoms with E-state index in [1.54, 1.807) is 6.92 Å². The first kappa shape index (κ1) is 16.0. The summed E-state index contributed by atoms with van der Waals surface area (Å²) in [5.41, 5.74) is 1.24. The molecule has 3 N–H and O–H groups in total. The number of urea groups is 1. The number of rotatable bonds is 6. The van der Waals surface area contributed by atoms with E-state index in [1.807, 2.05) is 18.2 Å². The molecular formula is C14H16N8OS. The molecule has 3 rings (SSSR count). The first-order valence-corrected chi connectivity index (χ1v) is 8.19. The molecule has 0 aliphatic heterocycles. The molecule has 9 nitrogen and oxygen atoms in total. The lowest BCUT2D eigenvalue weighted by molar-refractivity contribution is 0.249. The fraction of sp³-hybridized carbons (Fsp3) is 0.286. The Kier molecular flexibility index (Phi) is 5.06. The van der Waals surface area contributed by atoms with Gasteiger partial charge in [-0.3, -0.25) is 5.32 Å². The number of nitrogens with zero attached hydrogens (tertiary/aromatic N) is 5. The average Bonchev–Trinajstić information content (AvgIpc) is 3.25. The molecule has 0 saturated carbocycles. The van der Waals surface area contributed by atoms with E-state index < -0.39 is 6.03 Å². The van der Waals surface area contributed by atoms with Crippen LogP contribution in [-0.4, -0.2) is 36.9 Å². The highest BCUT2D eigenvalue weighted by molar-refractivity contribution is 7.15. The van der Waals surface area contributed by atoms with Crippen LogP contribution in [0.4, 0.5) is 9.93 Å². The van der Waals surface area contributed by atoms with Gasteiger partial charge in [-0.1, -0.05) is 46.9 Å². The van der Waals surface area contributed by atoms with Crippen LogP contribution >= 0.6 is 11.3 Å². The van der Waals surface area contributed by atoms with E-state index in [0.717, 1.165) is 17.8 Å². The summed E-state index contributed by atoms with van der Waals surface area (Å²) < 4.78 is 0. The minimum Gasteiger partial charge on any atom is -0.328 e. The van der Waals surface area contributed by atoms with E-state index in [2.05, 4.69) is 53.6 Å². The molecule has 2 heterocycles. The maximum absolute atomic E-state index is 11.9. The van der Waals surface area contributed by atoms with Gasteiger partial charge in [-0.2, -0.15) is 5.21 Å². The minimum absolute atomic E-state index is 0.366. The Hall–Kier alpha value is -2.88. The van der Waals surface area contributed by atoms with Crippen molar-refractivity contribution in [2.45, 2.75) is 25.8 Å². The van der Waals surface area contributed by atoms with Gasteiger partial charge in [0.2, 0.25) is 5.13 Å². The summed E-state index contributed by atoms with van der Waals surface area (Å²) >= 11 is 1.36. The zero-order chi connectivity index (χ0) is 16.8. The molecule has 0 radical (unpaired) electrons. The summed E-state index contributed by atoms with van der Waals surface area (Å²) in [5, 5.41) is 28.2. The Bertz CT molecular complexity index is 773. The van der Waals surface area contributed by atoms with Crippen LogP contribution in [-0.2, 0) is 12.8 Å². The fourth-order valence-electron chi connectivity index (χ4n) is 2.05. The van der Waals surface area contributed by atoms with E-state index in [9.17, 15) is 4.79 Å². The predicted molar refractivity (Wildman–Crippen MR) is 88.5 cm³/mol. The lowest BCUT2D eigenvalue weighted by atomic mass is 10.1. The van der Waals surface area contributed by atoms with Crippen LogP contribution in [0.1, 0.15) is 29.4 Å². The Morgan fingerprint density at radius 3 is 2.79 bits per heavy atom. The number of amides is 2. The first-order chi connectivity index (χ1) is 11.7. The van der Waals surface area contributed by atoms with Crippen molar-refractivity contribution in [1.29, 1.82) is 0 Å². The van der Waals surface area contributed by atoms with Gasteiger partial charge in [0.15, 0.2) is 5.82 Å². The van der Waals surface area contributed by atoms with Gasteiger partial charge in [0.25, 0.3) is 0 Å². The van der Waals surface area contributed by atoms with Gasteiger partial charge in [0.1, 0.15) is 5.01 Å². The van der Waals surface area contributed by atoms with Gasteiger partial charge in [-0.25, -0.2) is 4.79 Å². The first-order valence-electron chi connectivity index (χ1n) is 7.38. The van der Waals surface area contributed by atoms with Crippen LogP contribution in [0.25, 0.3) is 0 Å². The maximum Gasteiger partial charge on any atom is 0.321 e. The van der Waals surface area contributed by atoms with Crippen molar-refractivity contribution in [3.05, 3.63) is 46.7 Å². The maximum atomic E-state index is 11.9. The fourth-order valence-corrected chi connectivity index (χ4v) is 2.78. The summed E-state index contributed by atoms with van der Waals surface area (Å²) in [6.45, 7) is 1.76. The van der Waals surface area contributed by atoms with Crippen molar-refractivity contribution < 1.29 is 4.79 Å². The number of aromatic nitrogens is 6. The molecule has 2 amide bonds. The van der Waals surface area contributed by atoms with E-state index in [4.69, 9.17) is 0 Å². The second-order valence-corrected chi connectivity index (χ2v) is 6.14. The second kappa shape index (κ2) is 7.59. The number of aryl methyl sites for hydroxylation is 2. The number of aromatic amines is 1. The monoisotopic (exact) mass is 344 g/mol. The highest BCUT2D eigenvalue weighted by Crippen LogP contribution is 2.17. The molecule has 0 spiro atoms. The van der Waals surface area contributed by atoms with Crippen molar-refractivity contribution >= 4 is 22.5 Å². The van der Waals surface area contributed by atoms with Crippen molar-refractivity contribution in [3.8, 4) is 0 Å². The quantitative estimate of drug-likeness (QED) is 0.626. The number of H-pyrrole nitrogens is 1. The molecule has 0 aliphatic rings. The number of hydrogen-bond acceptors (Lipinski definition) is 7. The molecule has 2 aromatic heterocycles. The Morgan fingerprint density at radius 2 is 2.04 bits per heavy atom. The molecule has 0 unspecified atom stereocenters.